The lowest BCUT2D eigenvalue weighted by Crippen LogP contribution is -2.52. The number of carbonyl (C=O) groups is 2. The zero-order valence-corrected chi connectivity index (χ0v) is 20.9. The van der Waals surface area contributed by atoms with Crippen molar-refractivity contribution >= 4 is 11.9 Å². The van der Waals surface area contributed by atoms with Crippen LogP contribution in [0, 0.1) is 0 Å². The fourth-order valence-corrected chi connectivity index (χ4v) is 5.13. The Morgan fingerprint density at radius 3 is 1.28 bits per heavy atom. The van der Waals surface area contributed by atoms with Crippen molar-refractivity contribution < 1.29 is 28.5 Å². The van der Waals surface area contributed by atoms with Crippen LogP contribution in [-0.4, -0.2) is 37.4 Å². The van der Waals surface area contributed by atoms with Gasteiger partial charge in [0.25, 0.3) is 0 Å². The van der Waals surface area contributed by atoms with Crippen molar-refractivity contribution in [3.63, 3.8) is 0 Å². The number of fused-ring (bicyclic) bond motifs is 1. The highest BCUT2D eigenvalue weighted by Gasteiger charge is 2.70. The van der Waals surface area contributed by atoms with Crippen molar-refractivity contribution in [2.75, 3.05) is 14.2 Å². The van der Waals surface area contributed by atoms with E-state index < -0.39 is 23.1 Å². The van der Waals surface area contributed by atoms with E-state index in [1.165, 1.54) is 14.2 Å². The highest BCUT2D eigenvalue weighted by molar-refractivity contribution is 5.92. The van der Waals surface area contributed by atoms with E-state index in [1.54, 1.807) is 0 Å². The third kappa shape index (κ3) is 4.55. The van der Waals surface area contributed by atoms with Crippen molar-refractivity contribution in [3.05, 3.63) is 22.7 Å². The van der Waals surface area contributed by atoms with Crippen LogP contribution in [0.15, 0.2) is 22.7 Å². The van der Waals surface area contributed by atoms with Gasteiger partial charge in [-0.05, 0) is 51.4 Å². The van der Waals surface area contributed by atoms with Gasteiger partial charge in [-0.2, -0.15) is 0 Å². The standard InChI is InChI=1S/C26H42O6/c1-7-11-15-19-21(23(27)29-5)31-26(18-14-10-4)20(16-12-8-2)22(24(28)30-6)32-25(19,26)17-13-9-3/h7-18H2,1-6H3/t25-,26-/m0/s1. The molecule has 0 fully saturated rings. The van der Waals surface area contributed by atoms with Crippen molar-refractivity contribution in [1.82, 2.24) is 0 Å². The van der Waals surface area contributed by atoms with Gasteiger partial charge < -0.3 is 18.9 Å². The molecule has 0 amide bonds. The summed E-state index contributed by atoms with van der Waals surface area (Å²) in [7, 11) is 2.77. The Morgan fingerprint density at radius 2 is 1.00 bits per heavy atom. The molecule has 182 valence electrons. The van der Waals surface area contributed by atoms with E-state index in [0.717, 1.165) is 62.5 Å². The van der Waals surface area contributed by atoms with Crippen molar-refractivity contribution in [2.45, 2.75) is 116 Å². The normalized spacial score (nSPS) is 24.3. The minimum absolute atomic E-state index is 0.283. The predicted octanol–water partition coefficient (Wildman–Crippen LogP) is 6.14. The lowest BCUT2D eigenvalue weighted by atomic mass is 9.68. The van der Waals surface area contributed by atoms with Gasteiger partial charge in [0.2, 0.25) is 11.5 Å². The number of methoxy groups -OCH3 is 2. The zero-order valence-electron chi connectivity index (χ0n) is 20.9. The minimum atomic E-state index is -0.872. The van der Waals surface area contributed by atoms with Crippen molar-refractivity contribution in [2.24, 2.45) is 0 Å². The van der Waals surface area contributed by atoms with Gasteiger partial charge in [-0.3, -0.25) is 0 Å². The van der Waals surface area contributed by atoms with Gasteiger partial charge in [-0.25, -0.2) is 9.59 Å². The first-order chi connectivity index (χ1) is 15.4. The third-order valence-corrected chi connectivity index (χ3v) is 6.80. The van der Waals surface area contributed by atoms with Crippen LogP contribution in [0.1, 0.15) is 105 Å². The molecule has 2 atom stereocenters. The molecule has 0 saturated heterocycles. The number of ether oxygens (including phenoxy) is 4. The number of esters is 2. The maximum absolute atomic E-state index is 12.9. The predicted molar refractivity (Wildman–Crippen MR) is 124 cm³/mol. The summed E-state index contributed by atoms with van der Waals surface area (Å²) in [6.07, 6.45) is 10.2. The quantitative estimate of drug-likeness (QED) is 0.296. The second kappa shape index (κ2) is 11.8. The molecule has 0 radical (unpaired) electrons. The average molecular weight is 451 g/mol. The zero-order chi connectivity index (χ0) is 23.8. The van der Waals surface area contributed by atoms with Gasteiger partial charge >= 0.3 is 11.9 Å². The molecule has 6 nitrogen and oxygen atoms in total. The first-order valence-corrected chi connectivity index (χ1v) is 12.4. The van der Waals surface area contributed by atoms with E-state index in [-0.39, 0.29) is 11.5 Å². The summed E-state index contributed by atoms with van der Waals surface area (Å²) in [5.74, 6) is -0.359. The van der Waals surface area contributed by atoms with Crippen molar-refractivity contribution in [1.29, 1.82) is 0 Å². The molecule has 0 saturated carbocycles. The van der Waals surface area contributed by atoms with Gasteiger partial charge in [0.1, 0.15) is 0 Å². The molecule has 0 aromatic rings. The first kappa shape index (κ1) is 26.3. The Kier molecular flexibility index (Phi) is 9.65. The summed E-state index contributed by atoms with van der Waals surface area (Å²) >= 11 is 0. The molecule has 0 bridgehead atoms. The SMILES string of the molecule is CCCCC1=C(C(=O)OC)O[C@@]2(CCCC)C(CCCC)=C(C(=O)OC)O[C@@]12CCCC. The van der Waals surface area contributed by atoms with Gasteiger partial charge in [-0.1, -0.05) is 53.4 Å². The molecule has 0 N–H and O–H groups in total. The summed E-state index contributed by atoms with van der Waals surface area (Å²) in [4.78, 5) is 25.7. The van der Waals surface area contributed by atoms with Gasteiger partial charge in [0.15, 0.2) is 11.2 Å². The largest absolute Gasteiger partial charge is 0.471 e. The van der Waals surface area contributed by atoms with Crippen LogP contribution < -0.4 is 0 Å². The van der Waals surface area contributed by atoms with Crippen molar-refractivity contribution in [3.8, 4) is 0 Å². The van der Waals surface area contributed by atoms with Gasteiger partial charge in [-0.15, -0.1) is 0 Å². The van der Waals surface area contributed by atoms with E-state index in [0.29, 0.717) is 25.7 Å². The number of hydrogen-bond acceptors (Lipinski definition) is 6. The Balaban J connectivity index is 2.77. The highest BCUT2D eigenvalue weighted by Crippen LogP contribution is 2.61. The van der Waals surface area contributed by atoms with Crippen LogP contribution in [0.3, 0.4) is 0 Å². The second-order valence-corrected chi connectivity index (χ2v) is 8.87. The maximum atomic E-state index is 12.9. The number of carbonyl (C=O) groups excluding carboxylic acids is 2. The molecule has 2 heterocycles. The number of rotatable bonds is 14. The summed E-state index contributed by atoms with van der Waals surface area (Å²) in [6, 6.07) is 0. The van der Waals surface area contributed by atoms with Gasteiger partial charge in [0.05, 0.1) is 14.2 Å². The Labute approximate surface area is 193 Å². The van der Waals surface area contributed by atoms with E-state index in [4.69, 9.17) is 18.9 Å². The van der Waals surface area contributed by atoms with Crippen LogP contribution in [0.5, 0.6) is 0 Å². The van der Waals surface area contributed by atoms with Gasteiger partial charge in [0, 0.05) is 11.1 Å². The summed E-state index contributed by atoms with van der Waals surface area (Å²) in [6.45, 7) is 8.52. The van der Waals surface area contributed by atoms with E-state index in [2.05, 4.69) is 27.7 Å². The third-order valence-electron chi connectivity index (χ3n) is 6.80. The molecule has 2 aliphatic rings. The first-order valence-electron chi connectivity index (χ1n) is 12.4. The fraction of sp³-hybridized carbons (Fsp3) is 0.769. The molecule has 0 unspecified atom stereocenters. The summed E-state index contributed by atoms with van der Waals surface area (Å²) < 4.78 is 23.6. The maximum Gasteiger partial charge on any atom is 0.373 e. The van der Waals surface area contributed by atoms with Crippen LogP contribution in [0.4, 0.5) is 0 Å². The molecule has 2 rings (SSSR count). The highest BCUT2D eigenvalue weighted by atomic mass is 16.6. The molecule has 2 aliphatic heterocycles. The Hall–Kier alpha value is -1.98. The van der Waals surface area contributed by atoms with Crippen LogP contribution in [0.2, 0.25) is 0 Å². The summed E-state index contributed by atoms with van der Waals surface area (Å²) in [5.41, 5.74) is -0.0419. The van der Waals surface area contributed by atoms with E-state index in [1.807, 2.05) is 0 Å². The minimum Gasteiger partial charge on any atom is -0.471 e. The molecule has 0 aromatic carbocycles. The Morgan fingerprint density at radius 1 is 0.656 bits per heavy atom. The molecule has 0 spiro atoms. The monoisotopic (exact) mass is 450 g/mol. The molecule has 0 aromatic heterocycles. The second-order valence-electron chi connectivity index (χ2n) is 8.87. The topological polar surface area (TPSA) is 71.1 Å². The Bertz CT molecular complexity index is 675. The van der Waals surface area contributed by atoms with Crippen LogP contribution in [0.25, 0.3) is 0 Å². The molecular formula is C26H42O6. The lowest BCUT2D eigenvalue weighted by Gasteiger charge is -2.41. The fourth-order valence-electron chi connectivity index (χ4n) is 5.13. The molecule has 32 heavy (non-hydrogen) atoms. The lowest BCUT2D eigenvalue weighted by molar-refractivity contribution is -0.148. The number of hydrogen-bond donors (Lipinski definition) is 0. The molecule has 0 aliphatic carbocycles. The van der Waals surface area contributed by atoms with Crippen LogP contribution >= 0.6 is 0 Å². The van der Waals surface area contributed by atoms with E-state index in [9.17, 15) is 9.59 Å². The molecular weight excluding hydrogens is 408 g/mol. The van der Waals surface area contributed by atoms with E-state index >= 15 is 0 Å². The summed E-state index contributed by atoms with van der Waals surface area (Å²) in [5, 5.41) is 0. The van der Waals surface area contributed by atoms with Crippen LogP contribution in [-0.2, 0) is 28.5 Å². The molecule has 6 heteroatoms. The smallest absolute Gasteiger partial charge is 0.373 e. The average Bonchev–Trinajstić information content (AvgIpc) is 3.23. The number of unbranched alkanes of at least 4 members (excludes halogenated alkanes) is 4.